The van der Waals surface area contributed by atoms with Crippen LogP contribution in [-0.2, 0) is 6.54 Å². The summed E-state index contributed by atoms with van der Waals surface area (Å²) in [5.41, 5.74) is 5.00. The van der Waals surface area contributed by atoms with E-state index in [2.05, 4.69) is 9.72 Å². The second-order valence-corrected chi connectivity index (χ2v) is 2.90. The zero-order chi connectivity index (χ0) is 11.6. The van der Waals surface area contributed by atoms with Gasteiger partial charge in [0.05, 0.1) is 5.69 Å². The summed E-state index contributed by atoms with van der Waals surface area (Å²) in [6.45, 7) is -0.225. The number of alkyl halides is 3. The molecule has 4 nitrogen and oxygen atoms in total. The molecule has 0 aliphatic heterocycles. The largest absolute Gasteiger partial charge is 0.574 e. The van der Waals surface area contributed by atoms with Gasteiger partial charge in [0.2, 0.25) is 5.88 Å². The number of pyridine rings is 1. The molecule has 0 unspecified atom stereocenters. The molecule has 3 N–H and O–H groups in total. The Hall–Kier alpha value is -1.21. The van der Waals surface area contributed by atoms with E-state index in [-0.39, 0.29) is 18.0 Å². The lowest BCUT2D eigenvalue weighted by molar-refractivity contribution is -0.276. The SMILES string of the molecule is NCc1nc(OC(F)(F)F)c(Cl)cc1O. The predicted molar refractivity (Wildman–Crippen MR) is 45.5 cm³/mol. The predicted octanol–water partition coefficient (Wildman–Crippen LogP) is 1.80. The molecule has 1 heterocycles. The van der Waals surface area contributed by atoms with Crippen molar-refractivity contribution in [1.82, 2.24) is 4.98 Å². The maximum absolute atomic E-state index is 11.8. The highest BCUT2D eigenvalue weighted by Gasteiger charge is 2.33. The lowest BCUT2D eigenvalue weighted by atomic mass is 10.3. The molecule has 0 amide bonds. The van der Waals surface area contributed by atoms with Gasteiger partial charge >= 0.3 is 6.36 Å². The van der Waals surface area contributed by atoms with Crippen molar-refractivity contribution in [3.8, 4) is 11.6 Å². The van der Waals surface area contributed by atoms with Gasteiger partial charge in [-0.1, -0.05) is 11.6 Å². The minimum atomic E-state index is -4.89. The number of aromatic nitrogens is 1. The van der Waals surface area contributed by atoms with Crippen LogP contribution in [0.2, 0.25) is 5.02 Å². The van der Waals surface area contributed by atoms with Crippen molar-refractivity contribution in [3.05, 3.63) is 16.8 Å². The van der Waals surface area contributed by atoms with Gasteiger partial charge in [0, 0.05) is 12.6 Å². The Bertz CT molecular complexity index is 370. The highest BCUT2D eigenvalue weighted by molar-refractivity contribution is 6.32. The summed E-state index contributed by atoms with van der Waals surface area (Å²) in [6, 6.07) is 0.887. The number of hydrogen-bond acceptors (Lipinski definition) is 4. The maximum Gasteiger partial charge on any atom is 0.574 e. The molecule has 1 aromatic heterocycles. The monoisotopic (exact) mass is 242 g/mol. The van der Waals surface area contributed by atoms with Crippen LogP contribution in [0.1, 0.15) is 5.69 Å². The standard InChI is InChI=1S/C7H6ClF3N2O2/c8-3-1-5(14)4(2-12)13-6(3)15-7(9,10)11/h1,14H,2,12H2. The first-order valence-corrected chi connectivity index (χ1v) is 4.05. The van der Waals surface area contributed by atoms with E-state index in [1.54, 1.807) is 0 Å². The molecular formula is C7H6ClF3N2O2. The second-order valence-electron chi connectivity index (χ2n) is 2.49. The smallest absolute Gasteiger partial charge is 0.506 e. The average Bonchev–Trinajstić information content (AvgIpc) is 2.07. The van der Waals surface area contributed by atoms with Crippen LogP contribution in [0.4, 0.5) is 13.2 Å². The molecule has 15 heavy (non-hydrogen) atoms. The number of halogens is 4. The maximum atomic E-state index is 11.8. The molecular weight excluding hydrogens is 237 g/mol. The van der Waals surface area contributed by atoms with Gasteiger partial charge < -0.3 is 15.6 Å². The normalized spacial score (nSPS) is 11.5. The van der Waals surface area contributed by atoms with Crippen LogP contribution in [0.5, 0.6) is 11.6 Å². The molecule has 1 aromatic rings. The van der Waals surface area contributed by atoms with Crippen LogP contribution in [0, 0.1) is 0 Å². The number of rotatable bonds is 2. The second kappa shape index (κ2) is 4.11. The summed E-state index contributed by atoms with van der Waals surface area (Å²) in [5, 5.41) is 8.71. The Morgan fingerprint density at radius 2 is 2.13 bits per heavy atom. The van der Waals surface area contributed by atoms with E-state index >= 15 is 0 Å². The molecule has 84 valence electrons. The summed E-state index contributed by atoms with van der Waals surface area (Å²) >= 11 is 5.38. The molecule has 0 aliphatic rings. The fraction of sp³-hybridized carbons (Fsp3) is 0.286. The first-order chi connectivity index (χ1) is 6.83. The summed E-state index contributed by atoms with van der Waals surface area (Å²) in [4.78, 5) is 3.33. The quantitative estimate of drug-likeness (QED) is 0.830. The number of hydrogen-bond donors (Lipinski definition) is 2. The van der Waals surface area contributed by atoms with Crippen molar-refractivity contribution in [2.45, 2.75) is 12.9 Å². The first kappa shape index (κ1) is 11.9. The molecule has 0 aromatic carbocycles. The van der Waals surface area contributed by atoms with Crippen LogP contribution in [0.25, 0.3) is 0 Å². The zero-order valence-corrected chi connectivity index (χ0v) is 7.93. The average molecular weight is 243 g/mol. The van der Waals surface area contributed by atoms with E-state index in [9.17, 15) is 13.2 Å². The number of nitrogens with zero attached hydrogens (tertiary/aromatic N) is 1. The van der Waals surface area contributed by atoms with E-state index in [0.29, 0.717) is 0 Å². The van der Waals surface area contributed by atoms with Crippen molar-refractivity contribution in [2.24, 2.45) is 5.73 Å². The van der Waals surface area contributed by atoms with Crippen LogP contribution in [-0.4, -0.2) is 16.5 Å². The Morgan fingerprint density at radius 3 is 2.60 bits per heavy atom. The van der Waals surface area contributed by atoms with Crippen LogP contribution in [0.3, 0.4) is 0 Å². The van der Waals surface area contributed by atoms with E-state index < -0.39 is 17.3 Å². The van der Waals surface area contributed by atoms with Gasteiger partial charge in [-0.15, -0.1) is 13.2 Å². The van der Waals surface area contributed by atoms with Gasteiger partial charge in [-0.3, -0.25) is 0 Å². The highest BCUT2D eigenvalue weighted by atomic mass is 35.5. The van der Waals surface area contributed by atoms with Crippen molar-refractivity contribution >= 4 is 11.6 Å². The minimum absolute atomic E-state index is 0.126. The first-order valence-electron chi connectivity index (χ1n) is 3.67. The highest BCUT2D eigenvalue weighted by Crippen LogP contribution is 2.31. The molecule has 0 spiro atoms. The van der Waals surface area contributed by atoms with Crippen molar-refractivity contribution in [1.29, 1.82) is 0 Å². The Balaban J connectivity index is 3.08. The Kier molecular flexibility index (Phi) is 3.25. The molecule has 0 radical (unpaired) electrons. The lowest BCUT2D eigenvalue weighted by Gasteiger charge is -2.10. The van der Waals surface area contributed by atoms with E-state index in [1.165, 1.54) is 0 Å². The Labute approximate surface area is 87.4 Å². The van der Waals surface area contributed by atoms with Gasteiger partial charge in [0.15, 0.2) is 0 Å². The van der Waals surface area contributed by atoms with Crippen LogP contribution < -0.4 is 10.5 Å². The molecule has 0 bridgehead atoms. The molecule has 0 atom stereocenters. The fourth-order valence-corrected chi connectivity index (χ4v) is 1.01. The Morgan fingerprint density at radius 1 is 1.53 bits per heavy atom. The van der Waals surface area contributed by atoms with Gasteiger partial charge in [0.25, 0.3) is 0 Å². The third-order valence-electron chi connectivity index (χ3n) is 1.41. The van der Waals surface area contributed by atoms with Crippen LogP contribution >= 0.6 is 11.6 Å². The summed E-state index contributed by atoms with van der Waals surface area (Å²) in [7, 11) is 0. The lowest BCUT2D eigenvalue weighted by Crippen LogP contribution is -2.18. The van der Waals surface area contributed by atoms with Gasteiger partial charge in [-0.2, -0.15) is 0 Å². The molecule has 0 saturated carbocycles. The number of aromatic hydroxyl groups is 1. The fourth-order valence-electron chi connectivity index (χ4n) is 0.830. The van der Waals surface area contributed by atoms with Crippen molar-refractivity contribution in [3.63, 3.8) is 0 Å². The topological polar surface area (TPSA) is 68.4 Å². The van der Waals surface area contributed by atoms with Gasteiger partial charge in [-0.05, 0) is 0 Å². The van der Waals surface area contributed by atoms with Crippen molar-refractivity contribution < 1.29 is 23.0 Å². The number of nitrogens with two attached hydrogens (primary N) is 1. The van der Waals surface area contributed by atoms with Crippen molar-refractivity contribution in [2.75, 3.05) is 0 Å². The summed E-state index contributed by atoms with van der Waals surface area (Å²) in [5.74, 6) is -1.21. The van der Waals surface area contributed by atoms with Gasteiger partial charge in [0.1, 0.15) is 10.8 Å². The van der Waals surface area contributed by atoms with E-state index in [0.717, 1.165) is 6.07 Å². The summed E-state index contributed by atoms with van der Waals surface area (Å²) < 4.78 is 39.0. The molecule has 0 aliphatic carbocycles. The van der Waals surface area contributed by atoms with E-state index in [1.807, 2.05) is 0 Å². The van der Waals surface area contributed by atoms with Gasteiger partial charge in [-0.25, -0.2) is 4.98 Å². The summed E-state index contributed by atoms with van der Waals surface area (Å²) in [6.07, 6.45) is -4.89. The molecule has 0 saturated heterocycles. The molecule has 1 rings (SSSR count). The van der Waals surface area contributed by atoms with E-state index in [4.69, 9.17) is 22.4 Å². The third-order valence-corrected chi connectivity index (χ3v) is 1.68. The van der Waals surface area contributed by atoms with Crippen LogP contribution in [0.15, 0.2) is 6.07 Å². The molecule has 8 heteroatoms. The third kappa shape index (κ3) is 3.14. The number of ether oxygens (including phenoxy) is 1. The zero-order valence-electron chi connectivity index (χ0n) is 7.18. The molecule has 0 fully saturated rings. The minimum Gasteiger partial charge on any atom is -0.506 e.